The van der Waals surface area contributed by atoms with E-state index in [1.54, 1.807) is 0 Å². The number of carbonyl (C=O) groups excluding carboxylic acids is 1. The number of hydrogen-bond acceptors (Lipinski definition) is 2. The van der Waals surface area contributed by atoms with Gasteiger partial charge in [0.1, 0.15) is 0 Å². The molecule has 4 heteroatoms. The van der Waals surface area contributed by atoms with E-state index >= 15 is 0 Å². The molecule has 0 bridgehead atoms. The fourth-order valence-corrected chi connectivity index (χ4v) is 1.02. The molecule has 64 valence electrons. The zero-order valence-corrected chi connectivity index (χ0v) is 7.31. The predicted octanol–water partition coefficient (Wildman–Crippen LogP) is 1.32. The van der Waals surface area contributed by atoms with Gasteiger partial charge in [-0.1, -0.05) is 0 Å². The second kappa shape index (κ2) is 3.54. The fourth-order valence-electron chi connectivity index (χ4n) is 0.867. The number of pyridine rings is 1. The highest BCUT2D eigenvalue weighted by molar-refractivity contribution is 6.17. The minimum atomic E-state index is -0.364. The lowest BCUT2D eigenvalue weighted by Crippen LogP contribution is -2.15. The van der Waals surface area contributed by atoms with Gasteiger partial charge in [-0.2, -0.15) is 0 Å². The number of aromatic amines is 1. The summed E-state index contributed by atoms with van der Waals surface area (Å²) in [4.78, 5) is 24.3. The Morgan fingerprint density at radius 1 is 1.67 bits per heavy atom. The number of H-pyrrole nitrogens is 1. The predicted molar refractivity (Wildman–Crippen MR) is 46.6 cm³/mol. The lowest BCUT2D eigenvalue weighted by Gasteiger charge is -1.96. The van der Waals surface area contributed by atoms with Crippen molar-refractivity contribution in [3.05, 3.63) is 33.7 Å². The van der Waals surface area contributed by atoms with E-state index in [1.165, 1.54) is 19.2 Å². The first kappa shape index (κ1) is 9.00. The molecule has 3 nitrogen and oxygen atoms in total. The van der Waals surface area contributed by atoms with Crippen LogP contribution in [0.5, 0.6) is 0 Å². The summed E-state index contributed by atoms with van der Waals surface area (Å²) in [6, 6.07) is 1.51. The second-order valence-electron chi connectivity index (χ2n) is 2.44. The summed E-state index contributed by atoms with van der Waals surface area (Å²) >= 11 is 5.52. The van der Waals surface area contributed by atoms with Crippen LogP contribution in [0.4, 0.5) is 0 Å². The molecule has 12 heavy (non-hydrogen) atoms. The molecule has 0 aromatic carbocycles. The Kier molecular flexibility index (Phi) is 2.65. The molecule has 0 fully saturated rings. The van der Waals surface area contributed by atoms with Gasteiger partial charge in [-0.05, 0) is 18.6 Å². The van der Waals surface area contributed by atoms with Crippen LogP contribution in [0.15, 0.2) is 17.1 Å². The molecule has 0 aliphatic heterocycles. The summed E-state index contributed by atoms with van der Waals surface area (Å²) in [5, 5.41) is 0. The molecular weight excluding hydrogens is 178 g/mol. The lowest BCUT2D eigenvalue weighted by atomic mass is 10.1. The average Bonchev–Trinajstić information content (AvgIpc) is 2.05. The van der Waals surface area contributed by atoms with Gasteiger partial charge >= 0.3 is 0 Å². The number of nitrogens with one attached hydrogen (secondary N) is 1. The SMILES string of the molecule is CC(=O)c1cc(CCl)c[nH]c1=O. The van der Waals surface area contributed by atoms with E-state index < -0.39 is 0 Å². The minimum Gasteiger partial charge on any atom is -0.328 e. The smallest absolute Gasteiger partial charge is 0.258 e. The Labute approximate surface area is 74.4 Å². The van der Waals surface area contributed by atoms with Gasteiger partial charge in [-0.25, -0.2) is 0 Å². The average molecular weight is 186 g/mol. The minimum absolute atomic E-state index is 0.160. The van der Waals surface area contributed by atoms with Gasteiger partial charge < -0.3 is 4.98 Å². The number of alkyl halides is 1. The molecule has 0 radical (unpaired) electrons. The van der Waals surface area contributed by atoms with Gasteiger partial charge in [-0.15, -0.1) is 11.6 Å². The Balaban J connectivity index is 3.26. The lowest BCUT2D eigenvalue weighted by molar-refractivity contribution is 0.101. The van der Waals surface area contributed by atoms with Crippen molar-refractivity contribution < 1.29 is 4.79 Å². The van der Waals surface area contributed by atoms with Crippen molar-refractivity contribution in [2.45, 2.75) is 12.8 Å². The third-order valence-electron chi connectivity index (χ3n) is 1.50. The van der Waals surface area contributed by atoms with Crippen LogP contribution in [0.3, 0.4) is 0 Å². The highest BCUT2D eigenvalue weighted by Crippen LogP contribution is 2.02. The van der Waals surface area contributed by atoms with Gasteiger partial charge in [0.25, 0.3) is 5.56 Å². The molecular formula is C8H8ClNO2. The van der Waals surface area contributed by atoms with Gasteiger partial charge in [0.2, 0.25) is 0 Å². The molecule has 1 aromatic rings. The van der Waals surface area contributed by atoms with Crippen LogP contribution in [0.1, 0.15) is 22.8 Å². The normalized spacial score (nSPS) is 9.83. The van der Waals surface area contributed by atoms with Crippen molar-refractivity contribution in [3.8, 4) is 0 Å². The third kappa shape index (κ3) is 1.74. The van der Waals surface area contributed by atoms with Crippen LogP contribution in [-0.2, 0) is 5.88 Å². The molecule has 0 saturated heterocycles. The first-order valence-corrected chi connectivity index (χ1v) is 3.97. The maximum absolute atomic E-state index is 11.0. The van der Waals surface area contributed by atoms with Crippen molar-refractivity contribution in [3.63, 3.8) is 0 Å². The number of rotatable bonds is 2. The van der Waals surface area contributed by atoms with Crippen molar-refractivity contribution in [2.24, 2.45) is 0 Å². The molecule has 1 rings (SSSR count). The molecule has 0 atom stereocenters. The summed E-state index contributed by atoms with van der Waals surface area (Å²) in [6.45, 7) is 1.35. The molecule has 0 spiro atoms. The summed E-state index contributed by atoms with van der Waals surface area (Å²) in [5.74, 6) is 0.0417. The Bertz CT molecular complexity index is 356. The van der Waals surface area contributed by atoms with Crippen molar-refractivity contribution in [1.82, 2.24) is 4.98 Å². The summed E-state index contributed by atoms with van der Waals surface area (Å²) in [5.41, 5.74) is 0.533. The number of ketones is 1. The van der Waals surface area contributed by atoms with E-state index in [9.17, 15) is 9.59 Å². The molecule has 0 aliphatic rings. The number of carbonyl (C=O) groups is 1. The van der Waals surface area contributed by atoms with E-state index in [4.69, 9.17) is 11.6 Å². The van der Waals surface area contributed by atoms with E-state index in [0.717, 1.165) is 5.56 Å². The van der Waals surface area contributed by atoms with E-state index in [-0.39, 0.29) is 22.8 Å². The molecule has 0 aliphatic carbocycles. The molecule has 1 N–H and O–H groups in total. The van der Waals surface area contributed by atoms with Crippen LogP contribution in [0.25, 0.3) is 0 Å². The number of hydrogen-bond donors (Lipinski definition) is 1. The number of aromatic nitrogens is 1. The van der Waals surface area contributed by atoms with Crippen molar-refractivity contribution >= 4 is 17.4 Å². The van der Waals surface area contributed by atoms with Crippen LogP contribution in [0, 0.1) is 0 Å². The molecule has 1 aromatic heterocycles. The Morgan fingerprint density at radius 3 is 2.83 bits per heavy atom. The van der Waals surface area contributed by atoms with Crippen LogP contribution >= 0.6 is 11.6 Å². The van der Waals surface area contributed by atoms with Gasteiger partial charge in [0, 0.05) is 12.1 Å². The number of Topliss-reactive ketones (excluding diaryl/α,β-unsaturated/α-hetero) is 1. The van der Waals surface area contributed by atoms with Gasteiger partial charge in [0.05, 0.1) is 5.56 Å². The van der Waals surface area contributed by atoms with Crippen LogP contribution in [-0.4, -0.2) is 10.8 Å². The van der Waals surface area contributed by atoms with Crippen molar-refractivity contribution in [1.29, 1.82) is 0 Å². The van der Waals surface area contributed by atoms with E-state index in [1.807, 2.05) is 0 Å². The zero-order chi connectivity index (χ0) is 9.14. The summed E-state index contributed by atoms with van der Waals surface area (Å²) in [6.07, 6.45) is 1.50. The summed E-state index contributed by atoms with van der Waals surface area (Å²) < 4.78 is 0. The largest absolute Gasteiger partial charge is 0.328 e. The summed E-state index contributed by atoms with van der Waals surface area (Å²) in [7, 11) is 0. The maximum atomic E-state index is 11.0. The fraction of sp³-hybridized carbons (Fsp3) is 0.250. The molecule has 0 saturated carbocycles. The zero-order valence-electron chi connectivity index (χ0n) is 6.56. The van der Waals surface area contributed by atoms with Gasteiger partial charge in [0.15, 0.2) is 5.78 Å². The van der Waals surface area contributed by atoms with Crippen molar-refractivity contribution in [2.75, 3.05) is 0 Å². The van der Waals surface area contributed by atoms with E-state index in [2.05, 4.69) is 4.98 Å². The first-order chi connectivity index (χ1) is 5.65. The molecule has 0 unspecified atom stereocenters. The van der Waals surface area contributed by atoms with Crippen LogP contribution in [0.2, 0.25) is 0 Å². The van der Waals surface area contributed by atoms with Crippen LogP contribution < -0.4 is 5.56 Å². The third-order valence-corrected chi connectivity index (χ3v) is 1.81. The highest BCUT2D eigenvalue weighted by Gasteiger charge is 2.05. The molecule has 0 amide bonds. The Hall–Kier alpha value is -1.09. The Morgan fingerprint density at radius 2 is 2.33 bits per heavy atom. The topological polar surface area (TPSA) is 49.9 Å². The van der Waals surface area contributed by atoms with Gasteiger partial charge in [-0.3, -0.25) is 9.59 Å². The maximum Gasteiger partial charge on any atom is 0.258 e. The second-order valence-corrected chi connectivity index (χ2v) is 2.71. The number of halogens is 1. The highest BCUT2D eigenvalue weighted by atomic mass is 35.5. The van der Waals surface area contributed by atoms with E-state index in [0.29, 0.717) is 0 Å². The standard InChI is InChI=1S/C8H8ClNO2/c1-5(11)7-2-6(3-9)4-10-8(7)12/h2,4H,3H2,1H3,(H,10,12). The monoisotopic (exact) mass is 185 g/mol. The first-order valence-electron chi connectivity index (χ1n) is 3.43. The quantitative estimate of drug-likeness (QED) is 0.558. The molecule has 1 heterocycles.